The van der Waals surface area contributed by atoms with Gasteiger partial charge in [-0.05, 0) is 41.7 Å². The third kappa shape index (κ3) is 19.5. The number of carbonyl (C=O) groups is 1. The summed E-state index contributed by atoms with van der Waals surface area (Å²) in [7, 11) is 7.82. The second-order valence-corrected chi connectivity index (χ2v) is 3.48. The van der Waals surface area contributed by atoms with Crippen LogP contribution >= 0.6 is 0 Å². The molecular weight excluding hydrogens is 192 g/mol. The van der Waals surface area contributed by atoms with E-state index in [0.717, 1.165) is 19.2 Å². The van der Waals surface area contributed by atoms with Crippen molar-refractivity contribution in [2.24, 2.45) is 0 Å². The number of hydrogen-bond donors (Lipinski definition) is 0. The second-order valence-electron chi connectivity index (χ2n) is 3.48. The van der Waals surface area contributed by atoms with Crippen molar-refractivity contribution in [1.29, 1.82) is 0 Å². The molecule has 0 unspecified atom stereocenters. The van der Waals surface area contributed by atoms with Gasteiger partial charge >= 0.3 is 5.97 Å². The first-order chi connectivity index (χ1) is 6.93. The van der Waals surface area contributed by atoms with Gasteiger partial charge in [0.05, 0.1) is 0 Å². The fourth-order valence-corrected chi connectivity index (χ4v) is 0.388. The molecule has 0 aromatic rings. The van der Waals surface area contributed by atoms with Gasteiger partial charge in [-0.25, -0.2) is 4.79 Å². The Kier molecular flexibility index (Phi) is 12.4. The average Bonchev–Trinajstić information content (AvgIpc) is 2.17. The van der Waals surface area contributed by atoms with Crippen molar-refractivity contribution >= 4 is 5.97 Å². The number of ether oxygens (including phenoxy) is 1. The van der Waals surface area contributed by atoms with E-state index in [4.69, 9.17) is 4.74 Å². The summed E-state index contributed by atoms with van der Waals surface area (Å²) in [6.07, 6.45) is 1.16. The van der Waals surface area contributed by atoms with Gasteiger partial charge in [-0.3, -0.25) is 0 Å². The molecule has 4 heteroatoms. The highest BCUT2D eigenvalue weighted by Crippen LogP contribution is 1.80. The van der Waals surface area contributed by atoms with Crippen LogP contribution in [0, 0.1) is 6.92 Å². The van der Waals surface area contributed by atoms with Crippen LogP contribution < -0.4 is 0 Å². The van der Waals surface area contributed by atoms with E-state index in [2.05, 4.69) is 13.5 Å². The molecule has 0 rings (SSSR count). The predicted molar refractivity (Wildman–Crippen MR) is 63.6 cm³/mol. The molecule has 0 spiro atoms. The zero-order valence-electron chi connectivity index (χ0n) is 10.3. The van der Waals surface area contributed by atoms with Gasteiger partial charge in [0.1, 0.15) is 6.61 Å². The second kappa shape index (κ2) is 11.2. The van der Waals surface area contributed by atoms with Crippen molar-refractivity contribution in [3.05, 3.63) is 19.6 Å². The molecule has 0 bridgehead atoms. The zero-order valence-corrected chi connectivity index (χ0v) is 10.3. The molecule has 0 aliphatic carbocycles. The molecule has 1 radical (unpaired) electrons. The van der Waals surface area contributed by atoms with Crippen LogP contribution in [0.3, 0.4) is 0 Å². The van der Waals surface area contributed by atoms with Crippen molar-refractivity contribution in [1.82, 2.24) is 9.80 Å². The van der Waals surface area contributed by atoms with Gasteiger partial charge in [-0.2, -0.15) is 0 Å². The predicted octanol–water partition coefficient (Wildman–Crippen LogP) is 0.659. The Hall–Kier alpha value is -0.870. The molecular formula is C11H23N2O2. The maximum absolute atomic E-state index is 10.4. The van der Waals surface area contributed by atoms with E-state index >= 15 is 0 Å². The fraction of sp³-hybridized carbons (Fsp3) is 0.636. The molecule has 0 aromatic heterocycles. The van der Waals surface area contributed by atoms with E-state index in [-0.39, 0.29) is 5.97 Å². The number of esters is 1. The van der Waals surface area contributed by atoms with Gasteiger partial charge in [0, 0.05) is 12.6 Å². The summed E-state index contributed by atoms with van der Waals surface area (Å²) >= 11 is 0. The Morgan fingerprint density at radius 1 is 1.27 bits per heavy atom. The Bertz CT molecular complexity index is 168. The maximum Gasteiger partial charge on any atom is 0.330 e. The molecule has 89 valence electrons. The third-order valence-corrected chi connectivity index (χ3v) is 1.40. The summed E-state index contributed by atoms with van der Waals surface area (Å²) in [5.74, 6) is -0.359. The molecule has 15 heavy (non-hydrogen) atoms. The van der Waals surface area contributed by atoms with Crippen molar-refractivity contribution in [2.45, 2.75) is 0 Å². The maximum atomic E-state index is 10.4. The summed E-state index contributed by atoms with van der Waals surface area (Å²) in [4.78, 5) is 14.4. The summed E-state index contributed by atoms with van der Waals surface area (Å²) < 4.78 is 4.70. The molecule has 0 aromatic carbocycles. The van der Waals surface area contributed by atoms with Crippen LogP contribution in [0.25, 0.3) is 0 Å². The van der Waals surface area contributed by atoms with E-state index < -0.39 is 0 Å². The highest BCUT2D eigenvalue weighted by atomic mass is 16.5. The monoisotopic (exact) mass is 215 g/mol. The number of nitrogens with zero attached hydrogens (tertiary/aromatic N) is 2. The minimum atomic E-state index is -0.359. The van der Waals surface area contributed by atoms with Crippen molar-refractivity contribution in [3.8, 4) is 0 Å². The van der Waals surface area contributed by atoms with Crippen LogP contribution in [0.15, 0.2) is 12.7 Å². The van der Waals surface area contributed by atoms with E-state index in [1.807, 2.05) is 38.0 Å². The van der Waals surface area contributed by atoms with Crippen LogP contribution in [-0.4, -0.2) is 63.7 Å². The van der Waals surface area contributed by atoms with Gasteiger partial charge in [0.15, 0.2) is 0 Å². The first-order valence-corrected chi connectivity index (χ1v) is 4.82. The number of carbonyl (C=O) groups excluding carboxylic acids is 1. The molecule has 0 saturated carbocycles. The molecule has 0 amide bonds. The smallest absolute Gasteiger partial charge is 0.330 e. The molecule has 0 fully saturated rings. The number of likely N-dealkylation sites (N-methyl/N-ethyl adjacent to an activating group) is 1. The highest BCUT2D eigenvalue weighted by Gasteiger charge is 1.94. The molecule has 0 saturated heterocycles. The Balaban J connectivity index is 0. The van der Waals surface area contributed by atoms with Crippen LogP contribution in [0.4, 0.5) is 0 Å². The lowest BCUT2D eigenvalue weighted by atomic mass is 10.6. The standard InChI is InChI=1S/C7H13NO2.C4H10N/c1-4-7(9)10-6-5-8(2)3;1-4-5(2)3/h4H,1,5-6H2,2-3H3;1,4H2,2-3H3. The molecule has 0 aliphatic rings. The van der Waals surface area contributed by atoms with Crippen molar-refractivity contribution in [3.63, 3.8) is 0 Å². The lowest BCUT2D eigenvalue weighted by Crippen LogP contribution is -2.19. The summed E-state index contributed by atoms with van der Waals surface area (Å²) in [6.45, 7) is 8.95. The molecule has 0 aliphatic heterocycles. The first kappa shape index (κ1) is 16.6. The fourth-order valence-electron chi connectivity index (χ4n) is 0.388. The molecule has 0 N–H and O–H groups in total. The van der Waals surface area contributed by atoms with Gasteiger partial charge in [0.2, 0.25) is 0 Å². The van der Waals surface area contributed by atoms with Crippen LogP contribution in [-0.2, 0) is 9.53 Å². The van der Waals surface area contributed by atoms with Crippen molar-refractivity contribution in [2.75, 3.05) is 47.9 Å². The van der Waals surface area contributed by atoms with Crippen molar-refractivity contribution < 1.29 is 9.53 Å². The van der Waals surface area contributed by atoms with Gasteiger partial charge in [0.25, 0.3) is 0 Å². The Labute approximate surface area is 93.5 Å². The van der Waals surface area contributed by atoms with Gasteiger partial charge in [-0.1, -0.05) is 6.58 Å². The topological polar surface area (TPSA) is 32.8 Å². The van der Waals surface area contributed by atoms with Crippen LogP contribution in [0.1, 0.15) is 0 Å². The van der Waals surface area contributed by atoms with Crippen LogP contribution in [0.2, 0.25) is 0 Å². The molecule has 0 atom stereocenters. The largest absolute Gasteiger partial charge is 0.461 e. The zero-order chi connectivity index (χ0) is 12.3. The van der Waals surface area contributed by atoms with Crippen LogP contribution in [0.5, 0.6) is 0 Å². The summed E-state index contributed by atoms with van der Waals surface area (Å²) in [5, 5.41) is 0. The quantitative estimate of drug-likeness (QED) is 0.498. The third-order valence-electron chi connectivity index (χ3n) is 1.40. The summed E-state index contributed by atoms with van der Waals surface area (Å²) in [5.41, 5.74) is 0. The van der Waals surface area contributed by atoms with E-state index in [9.17, 15) is 4.79 Å². The van der Waals surface area contributed by atoms with Gasteiger partial charge in [-0.15, -0.1) is 0 Å². The minimum Gasteiger partial charge on any atom is -0.461 e. The average molecular weight is 215 g/mol. The van der Waals surface area contributed by atoms with E-state index in [1.165, 1.54) is 0 Å². The number of hydrogen-bond acceptors (Lipinski definition) is 4. The Morgan fingerprint density at radius 2 is 1.73 bits per heavy atom. The molecule has 0 heterocycles. The lowest BCUT2D eigenvalue weighted by molar-refractivity contribution is -0.137. The SMILES string of the molecule is C=CC(=O)OCCN(C)C.[CH2]CN(C)C. The van der Waals surface area contributed by atoms with E-state index in [0.29, 0.717) is 6.61 Å². The molecule has 4 nitrogen and oxygen atoms in total. The minimum absolute atomic E-state index is 0.359. The summed E-state index contributed by atoms with van der Waals surface area (Å²) in [6, 6.07) is 0. The van der Waals surface area contributed by atoms with E-state index in [1.54, 1.807) is 0 Å². The highest BCUT2D eigenvalue weighted by molar-refractivity contribution is 5.81. The number of rotatable bonds is 5. The lowest BCUT2D eigenvalue weighted by Gasteiger charge is -2.07. The first-order valence-electron chi connectivity index (χ1n) is 4.82. The van der Waals surface area contributed by atoms with Gasteiger partial charge < -0.3 is 14.5 Å². The Morgan fingerprint density at radius 3 is 2.00 bits per heavy atom. The normalized spacial score (nSPS) is 9.53.